The number of aliphatic hydroxyl groups excluding tert-OH is 8. The molecule has 694 valence electrons. The number of fused-ring (bicyclic) bond motifs is 15. The Labute approximate surface area is 744 Å². The number of amides is 7. The van der Waals surface area contributed by atoms with Gasteiger partial charge in [0.2, 0.25) is 53.4 Å². The van der Waals surface area contributed by atoms with Gasteiger partial charge in [0.05, 0.1) is 41.3 Å². The zero-order valence-electron chi connectivity index (χ0n) is 68.8. The van der Waals surface area contributed by atoms with E-state index < -0.39 is 296 Å². The Balaban J connectivity index is 0.946. The standard InChI is InChI=1S/C84H93Cl2F3N10O29S/c1-31(2)18-45(92-5)74(112)98-62-64(105)35-9-15-49(43(85)20-35)121-51-22-37-23-52(71(51)126-82-69(110)67(108)72(54(30-100)124-82)127-81-68(109)66(107)65(106)53(123-81)29-93-28-40-13-17-55(129-40)33-6-11-39(12-7-33)128-84(87,88)89)122-50-16-10-36(21-44(50)86)70(125-57-27-83(4,91)73(111)32(3)120-57)63-79(117)97-61(80(118)119)42-24-38(101)25-48(103)58(42)41-19-34(8-14-47(41)102)59(76(114)99-63)96-77(115)60(37)95-75(113)46(26-56(90)104)94-78(62)116/h6-17,19-25,31-32,45-46,53-54,57,59-70,72-73,81-82,92-93,100-103,105-111H,18,26-30,91H2,1-5H3,(H2,90,104)(H,94,116)(H,95,113)(H,96,115)(H,97,117)(H,98,112)(H,99,114)(H,118,119)/t32-,45+,46?,53+,54+,57?,59?,60+,61?,62?,63-,64+,65-,66-,67+,68+,69+,70+,72+,73-,81-,82-,83-/m0/s1. The number of aliphatic hydroxyl groups is 8. The highest BCUT2D eigenvalue weighted by Gasteiger charge is 2.53. The van der Waals surface area contributed by atoms with E-state index in [-0.39, 0.29) is 43.0 Å². The fraction of sp³-hybridized carbons (Fsp3) is 0.429. The number of halogens is 5. The van der Waals surface area contributed by atoms with E-state index in [1.807, 2.05) is 0 Å². The molecule has 11 bridgehead atoms. The van der Waals surface area contributed by atoms with Gasteiger partial charge < -0.3 is 158 Å². The molecule has 1 aromatic heterocycles. The van der Waals surface area contributed by atoms with Gasteiger partial charge in [-0.1, -0.05) is 55.2 Å². The molecule has 15 rings (SSSR count). The summed E-state index contributed by atoms with van der Waals surface area (Å²) in [4.78, 5) is 122. The van der Waals surface area contributed by atoms with Gasteiger partial charge >= 0.3 is 12.3 Å². The average Bonchev–Trinajstić information content (AvgIpc) is 1.54. The minimum Gasteiger partial charge on any atom is -0.508 e. The number of carboxylic acids is 1. The minimum atomic E-state index is -4.91. The number of carbonyl (C=O) groups excluding carboxylic acids is 7. The highest BCUT2D eigenvalue weighted by molar-refractivity contribution is 7.15. The SMILES string of the molecule is CN[C@H](CC(C)C)C(=O)NC1C(=O)NC(CC(N)=O)C(=O)N[C@H]2C(=O)NC3C(=O)N[C@H](C(=O)NC(C(=O)O)c4cc(O)cc(O)c4-c4cc3ccc4O)[C@H](OC3C[C@](C)(N)[C@@H](O)[C@H](C)O3)c3ccc(c(Cl)c3)Oc3cc2cc(c3O[C@@H]2O[C@H](CO)[C@@H](O[C@@H]3O[C@H](CNCc4ccc(-c5ccc(OC(F)(F)F)cc5)s4)[C@H](O)[C@H](O)[C@H]3O)[C@H](O)[C@H]2O)Oc2ccc(cc2Cl)[C@H]1O. The molecule has 3 fully saturated rings. The normalized spacial score (nSPS) is 29.3. The van der Waals surface area contributed by atoms with Crippen LogP contribution in [-0.2, 0) is 68.6 Å². The number of nitrogens with two attached hydrogens (primary N) is 2. The van der Waals surface area contributed by atoms with Gasteiger partial charge in [-0.3, -0.25) is 33.6 Å². The Morgan fingerprint density at radius 1 is 0.674 bits per heavy atom. The number of carboxylic acid groups (broad SMARTS) is 1. The van der Waals surface area contributed by atoms with E-state index in [4.69, 9.17) is 72.6 Å². The first-order chi connectivity index (χ1) is 61.0. The number of alkyl halides is 3. The molecule has 39 nitrogen and oxygen atoms in total. The van der Waals surface area contributed by atoms with Crippen molar-refractivity contribution in [1.29, 1.82) is 0 Å². The van der Waals surface area contributed by atoms with Gasteiger partial charge in [-0.05, 0) is 152 Å². The van der Waals surface area contributed by atoms with Crippen LogP contribution in [0.25, 0.3) is 21.6 Å². The maximum Gasteiger partial charge on any atom is 0.573 e. The monoisotopic (exact) mass is 1860 g/mol. The molecule has 7 amide bonds. The second-order valence-electron chi connectivity index (χ2n) is 32.3. The number of hydrogen-bond acceptors (Lipinski definition) is 32. The van der Waals surface area contributed by atoms with Crippen molar-refractivity contribution >= 4 is 81.9 Å². The number of aromatic hydroxyl groups is 3. The summed E-state index contributed by atoms with van der Waals surface area (Å²) in [5, 5.41) is 159. The van der Waals surface area contributed by atoms with Gasteiger partial charge in [-0.25, -0.2) is 4.79 Å². The summed E-state index contributed by atoms with van der Waals surface area (Å²) in [5.41, 5.74) is 8.39. The van der Waals surface area contributed by atoms with Crippen LogP contribution in [0.1, 0.15) is 110 Å². The third kappa shape index (κ3) is 21.4. The number of likely N-dealkylation sites (N-methyl/N-ethyl adjacent to an activating group) is 1. The summed E-state index contributed by atoms with van der Waals surface area (Å²) in [6.07, 6.45) is -34.8. The molecule has 0 spiro atoms. The van der Waals surface area contributed by atoms with Crippen molar-refractivity contribution in [1.82, 2.24) is 42.5 Å². The van der Waals surface area contributed by atoms with Crippen LogP contribution in [0.3, 0.4) is 0 Å². The lowest BCUT2D eigenvalue weighted by Gasteiger charge is -2.46. The Bertz CT molecular complexity index is 5370. The van der Waals surface area contributed by atoms with E-state index in [1.165, 1.54) is 56.5 Å². The van der Waals surface area contributed by atoms with E-state index in [2.05, 4.69) is 47.3 Å². The molecule has 23 atom stereocenters. The smallest absolute Gasteiger partial charge is 0.508 e. The quantitative estimate of drug-likeness (QED) is 0.0491. The van der Waals surface area contributed by atoms with Gasteiger partial charge in [0.25, 0.3) is 0 Å². The van der Waals surface area contributed by atoms with Crippen molar-refractivity contribution in [2.75, 3.05) is 20.2 Å². The number of hydrogen-bond donors (Lipinski definition) is 22. The van der Waals surface area contributed by atoms with Crippen LogP contribution in [0.5, 0.6) is 51.7 Å². The lowest BCUT2D eigenvalue weighted by Crippen LogP contribution is -2.65. The number of primary amides is 1. The average molecular weight is 1870 g/mol. The summed E-state index contributed by atoms with van der Waals surface area (Å²) in [6, 6.07) is 7.17. The molecule has 0 radical (unpaired) electrons. The van der Waals surface area contributed by atoms with Crippen molar-refractivity contribution in [3.05, 3.63) is 158 Å². The molecule has 129 heavy (non-hydrogen) atoms. The second-order valence-corrected chi connectivity index (χ2v) is 34.3. The maximum atomic E-state index is 16.4. The highest BCUT2D eigenvalue weighted by atomic mass is 35.5. The highest BCUT2D eigenvalue weighted by Crippen LogP contribution is 2.51. The largest absolute Gasteiger partial charge is 0.573 e. The summed E-state index contributed by atoms with van der Waals surface area (Å²) < 4.78 is 93.7. The second kappa shape index (κ2) is 39.4. The number of nitrogens with one attached hydrogen (secondary N) is 8. The molecule has 5 unspecified atom stereocenters. The molecule has 6 aromatic carbocycles. The summed E-state index contributed by atoms with van der Waals surface area (Å²) in [6.45, 7) is 5.14. The first kappa shape index (κ1) is 95.7. The molecule has 24 N–H and O–H groups in total. The number of carbonyl (C=O) groups is 8. The fourth-order valence-corrected chi connectivity index (χ4v) is 17.2. The molecule has 7 aromatic rings. The van der Waals surface area contributed by atoms with Crippen LogP contribution < -0.4 is 72.9 Å². The number of phenols is 3. The predicted octanol–water partition coefficient (Wildman–Crippen LogP) is 2.36. The molecule has 3 saturated heterocycles. The van der Waals surface area contributed by atoms with Gasteiger partial charge in [0.1, 0.15) is 126 Å². The number of phenolic OH excluding ortho intramolecular Hbond substituents is 3. The summed E-state index contributed by atoms with van der Waals surface area (Å²) in [7, 11) is 1.45. The Morgan fingerprint density at radius 3 is 1.93 bits per heavy atom. The van der Waals surface area contributed by atoms with Crippen molar-refractivity contribution in [3.63, 3.8) is 0 Å². The summed E-state index contributed by atoms with van der Waals surface area (Å²) >= 11 is 15.7. The summed E-state index contributed by atoms with van der Waals surface area (Å²) in [5.74, 6) is -17.4. The van der Waals surface area contributed by atoms with E-state index in [9.17, 15) is 88.8 Å². The topological polar surface area (TPSA) is 611 Å². The van der Waals surface area contributed by atoms with Crippen LogP contribution in [0.2, 0.25) is 10.0 Å². The zero-order valence-corrected chi connectivity index (χ0v) is 71.1. The first-order valence-electron chi connectivity index (χ1n) is 40.2. The molecule has 0 saturated carbocycles. The third-order valence-electron chi connectivity index (χ3n) is 22.4. The maximum absolute atomic E-state index is 16.4. The van der Waals surface area contributed by atoms with Crippen molar-refractivity contribution < 1.29 is 155 Å². The molecule has 8 aliphatic heterocycles. The predicted molar refractivity (Wildman–Crippen MR) is 443 cm³/mol. The number of ether oxygens (including phenoxy) is 9. The number of aliphatic carboxylic acids is 1. The van der Waals surface area contributed by atoms with Gasteiger partial charge in [0, 0.05) is 57.6 Å². The van der Waals surface area contributed by atoms with Gasteiger partial charge in [-0.2, -0.15) is 0 Å². The lowest BCUT2D eigenvalue weighted by molar-refractivity contribution is -0.350. The van der Waals surface area contributed by atoms with Crippen LogP contribution >= 0.6 is 34.5 Å². The molecule has 8 aliphatic rings. The minimum absolute atomic E-state index is 0.0837. The van der Waals surface area contributed by atoms with Crippen LogP contribution in [0.4, 0.5) is 13.2 Å². The molecule has 0 aliphatic carbocycles. The van der Waals surface area contributed by atoms with Crippen LogP contribution in [0, 0.1) is 5.92 Å². The Morgan fingerprint density at radius 2 is 1.30 bits per heavy atom. The van der Waals surface area contributed by atoms with Crippen molar-refractivity contribution in [2.45, 2.75) is 200 Å². The first-order valence-corrected chi connectivity index (χ1v) is 41.8. The molecule has 45 heteroatoms. The number of rotatable bonds is 21. The molecular formula is C84H93Cl2F3N10O29S. The van der Waals surface area contributed by atoms with Crippen molar-refractivity contribution in [3.8, 4) is 73.3 Å². The van der Waals surface area contributed by atoms with E-state index >= 15 is 24.0 Å². The van der Waals surface area contributed by atoms with Gasteiger partial charge in [-0.15, -0.1) is 24.5 Å². The number of benzene rings is 6. The van der Waals surface area contributed by atoms with Gasteiger partial charge in [0.15, 0.2) is 30.1 Å². The number of thiophene rings is 1. The van der Waals surface area contributed by atoms with E-state index in [0.717, 1.165) is 78.9 Å². The van der Waals surface area contributed by atoms with Crippen LogP contribution in [0.15, 0.2) is 115 Å². The van der Waals surface area contributed by atoms with E-state index in [1.54, 1.807) is 26.0 Å². The molecule has 9 heterocycles. The van der Waals surface area contributed by atoms with Crippen LogP contribution in [-0.4, -0.2) is 245 Å². The third-order valence-corrected chi connectivity index (χ3v) is 24.1. The molecular weight excluding hydrogens is 1770 g/mol. The zero-order chi connectivity index (χ0) is 93.4. The Kier molecular flexibility index (Phi) is 29.2. The van der Waals surface area contributed by atoms with E-state index in [0.29, 0.717) is 15.3 Å². The van der Waals surface area contributed by atoms with Crippen molar-refractivity contribution in [2.24, 2.45) is 17.4 Å². The fourth-order valence-electron chi connectivity index (χ4n) is 15.8. The Hall–Kier alpha value is -10.9. The lowest BCUT2D eigenvalue weighted by atomic mass is 9.86.